The van der Waals surface area contributed by atoms with Crippen LogP contribution in [0.25, 0.3) is 0 Å². The van der Waals surface area contributed by atoms with Crippen molar-refractivity contribution in [3.05, 3.63) is 0 Å². The molecule has 0 spiro atoms. The average Bonchev–Trinajstić information content (AvgIpc) is 2.43. The van der Waals surface area contributed by atoms with Crippen molar-refractivity contribution in [2.45, 2.75) is 57.4 Å². The molecule has 0 heterocycles. The molecule has 0 radical (unpaired) electrons. The number of hydrogen-bond donors (Lipinski definition) is 2. The van der Waals surface area contributed by atoms with Crippen molar-refractivity contribution >= 4 is 11.9 Å². The number of nitrogens with one attached hydrogen (secondary N) is 1. The largest absolute Gasteiger partial charge is 0.481 e. The molecule has 2 aliphatic carbocycles. The molecule has 17 heavy (non-hydrogen) atoms. The average molecular weight is 239 g/mol. The quantitative estimate of drug-likeness (QED) is 0.740. The van der Waals surface area contributed by atoms with Gasteiger partial charge in [0.2, 0.25) is 5.91 Å². The molecule has 2 fully saturated rings. The summed E-state index contributed by atoms with van der Waals surface area (Å²) >= 11 is 0. The Morgan fingerprint density at radius 3 is 1.94 bits per heavy atom. The maximum atomic E-state index is 11.9. The minimum atomic E-state index is -0.822. The van der Waals surface area contributed by atoms with Crippen molar-refractivity contribution in [2.24, 2.45) is 11.8 Å². The summed E-state index contributed by atoms with van der Waals surface area (Å²) in [5, 5.41) is 12.0. The Balaban J connectivity index is 1.82. The number of aliphatic carboxylic acids is 1. The molecule has 0 saturated heterocycles. The first-order valence-corrected chi connectivity index (χ1v) is 6.71. The van der Waals surface area contributed by atoms with Gasteiger partial charge in [-0.2, -0.15) is 0 Å². The second-order valence-electron chi connectivity index (χ2n) is 5.33. The molecule has 0 aromatic carbocycles. The minimum absolute atomic E-state index is 0.0319. The van der Waals surface area contributed by atoms with E-state index in [1.54, 1.807) is 0 Å². The number of carboxylic acid groups (broad SMARTS) is 1. The molecule has 2 atom stereocenters. The van der Waals surface area contributed by atoms with E-state index in [9.17, 15) is 9.59 Å². The highest BCUT2D eigenvalue weighted by atomic mass is 16.4. The van der Waals surface area contributed by atoms with Gasteiger partial charge in [0.25, 0.3) is 0 Å². The number of carboxylic acids is 1. The summed E-state index contributed by atoms with van der Waals surface area (Å²) in [7, 11) is 0. The molecule has 2 aliphatic rings. The number of carbonyl (C=O) groups excluding carboxylic acids is 1. The Kier molecular flexibility index (Phi) is 4.02. The lowest BCUT2D eigenvalue weighted by Crippen LogP contribution is -2.47. The minimum Gasteiger partial charge on any atom is -0.481 e. The van der Waals surface area contributed by atoms with Crippen molar-refractivity contribution in [3.8, 4) is 0 Å². The van der Waals surface area contributed by atoms with Crippen molar-refractivity contribution in [2.75, 3.05) is 0 Å². The van der Waals surface area contributed by atoms with Crippen LogP contribution in [0, 0.1) is 11.8 Å². The third kappa shape index (κ3) is 2.99. The fourth-order valence-electron chi connectivity index (χ4n) is 2.84. The van der Waals surface area contributed by atoms with Crippen molar-refractivity contribution < 1.29 is 14.7 Å². The van der Waals surface area contributed by atoms with Gasteiger partial charge < -0.3 is 10.4 Å². The molecule has 0 aromatic rings. The maximum Gasteiger partial charge on any atom is 0.307 e. The third-order valence-electron chi connectivity index (χ3n) is 4.13. The number of rotatable bonds is 3. The van der Waals surface area contributed by atoms with Gasteiger partial charge in [-0.25, -0.2) is 0 Å². The van der Waals surface area contributed by atoms with Crippen molar-refractivity contribution in [1.29, 1.82) is 0 Å². The van der Waals surface area contributed by atoms with E-state index in [-0.39, 0.29) is 17.9 Å². The van der Waals surface area contributed by atoms with Gasteiger partial charge in [0, 0.05) is 6.04 Å². The van der Waals surface area contributed by atoms with E-state index in [1.807, 2.05) is 0 Å². The zero-order chi connectivity index (χ0) is 12.3. The smallest absolute Gasteiger partial charge is 0.307 e. The second-order valence-corrected chi connectivity index (χ2v) is 5.33. The second kappa shape index (κ2) is 5.52. The number of carbonyl (C=O) groups is 2. The van der Waals surface area contributed by atoms with E-state index in [1.165, 1.54) is 25.7 Å². The molecule has 2 rings (SSSR count). The molecule has 0 bridgehead atoms. The lowest BCUT2D eigenvalue weighted by Gasteiger charge is -2.33. The van der Waals surface area contributed by atoms with Gasteiger partial charge in [0.15, 0.2) is 0 Å². The lowest BCUT2D eigenvalue weighted by molar-refractivity contribution is -0.153. The van der Waals surface area contributed by atoms with E-state index in [0.29, 0.717) is 6.42 Å². The van der Waals surface area contributed by atoms with Gasteiger partial charge in [-0.05, 0) is 25.7 Å². The molecule has 0 aliphatic heterocycles. The van der Waals surface area contributed by atoms with Crippen LogP contribution in [0.15, 0.2) is 0 Å². The van der Waals surface area contributed by atoms with Gasteiger partial charge in [-0.1, -0.05) is 25.7 Å². The fraction of sp³-hybridized carbons (Fsp3) is 0.846. The topological polar surface area (TPSA) is 66.4 Å². The first kappa shape index (κ1) is 12.4. The van der Waals surface area contributed by atoms with E-state index in [2.05, 4.69) is 5.32 Å². The van der Waals surface area contributed by atoms with Gasteiger partial charge >= 0.3 is 5.97 Å². The number of amides is 1. The van der Waals surface area contributed by atoms with Gasteiger partial charge in [0.05, 0.1) is 11.8 Å². The molecule has 2 saturated carbocycles. The molecule has 0 aromatic heterocycles. The van der Waals surface area contributed by atoms with Crippen LogP contribution >= 0.6 is 0 Å². The van der Waals surface area contributed by atoms with Crippen LogP contribution < -0.4 is 5.32 Å². The summed E-state index contributed by atoms with van der Waals surface area (Å²) < 4.78 is 0. The number of hydrogen-bond acceptors (Lipinski definition) is 2. The lowest BCUT2D eigenvalue weighted by atomic mass is 9.73. The summed E-state index contributed by atoms with van der Waals surface area (Å²) in [4.78, 5) is 22.8. The summed E-state index contributed by atoms with van der Waals surface area (Å²) in [6.45, 7) is 0. The Bertz CT molecular complexity index is 295. The van der Waals surface area contributed by atoms with Gasteiger partial charge in [-0.3, -0.25) is 9.59 Å². The Hall–Kier alpha value is -1.06. The molecule has 2 N–H and O–H groups in total. The first-order chi connectivity index (χ1) is 8.18. The highest BCUT2D eigenvalue weighted by Crippen LogP contribution is 2.34. The Labute approximate surface area is 102 Å². The van der Waals surface area contributed by atoms with Crippen molar-refractivity contribution in [1.82, 2.24) is 5.32 Å². The monoisotopic (exact) mass is 239 g/mol. The normalized spacial score (nSPS) is 30.1. The SMILES string of the molecule is O=C(O)C1CCC1C(=O)NC1CCCCCC1. The molecular formula is C13H21NO3. The van der Waals surface area contributed by atoms with Crippen LogP contribution in [0.4, 0.5) is 0 Å². The zero-order valence-corrected chi connectivity index (χ0v) is 10.2. The van der Waals surface area contributed by atoms with E-state index in [4.69, 9.17) is 5.11 Å². The van der Waals surface area contributed by atoms with E-state index < -0.39 is 11.9 Å². The van der Waals surface area contributed by atoms with Gasteiger partial charge in [-0.15, -0.1) is 0 Å². The zero-order valence-electron chi connectivity index (χ0n) is 10.2. The fourth-order valence-corrected chi connectivity index (χ4v) is 2.84. The Morgan fingerprint density at radius 1 is 0.882 bits per heavy atom. The predicted molar refractivity (Wildman–Crippen MR) is 63.5 cm³/mol. The maximum absolute atomic E-state index is 11.9. The molecule has 1 amide bonds. The summed E-state index contributed by atoms with van der Waals surface area (Å²) in [5.41, 5.74) is 0. The molecule has 2 unspecified atom stereocenters. The van der Waals surface area contributed by atoms with Crippen LogP contribution in [0.1, 0.15) is 51.4 Å². The first-order valence-electron chi connectivity index (χ1n) is 6.71. The standard InChI is InChI=1S/C13H21NO3/c15-12(10-7-8-11(10)13(16)17)14-9-5-3-1-2-4-6-9/h9-11H,1-8H2,(H,14,15)(H,16,17). The van der Waals surface area contributed by atoms with Crippen LogP contribution in [0.5, 0.6) is 0 Å². The van der Waals surface area contributed by atoms with E-state index in [0.717, 1.165) is 19.3 Å². The van der Waals surface area contributed by atoms with Gasteiger partial charge in [0.1, 0.15) is 0 Å². The van der Waals surface area contributed by atoms with Crippen LogP contribution in [0.2, 0.25) is 0 Å². The van der Waals surface area contributed by atoms with Crippen molar-refractivity contribution in [3.63, 3.8) is 0 Å². The highest BCUT2D eigenvalue weighted by Gasteiger charge is 2.41. The summed E-state index contributed by atoms with van der Waals surface area (Å²) in [6, 6.07) is 0.278. The van der Waals surface area contributed by atoms with E-state index >= 15 is 0 Å². The molecule has 4 nitrogen and oxygen atoms in total. The highest BCUT2D eigenvalue weighted by molar-refractivity contribution is 5.86. The van der Waals surface area contributed by atoms with Crippen LogP contribution in [0.3, 0.4) is 0 Å². The molecule has 4 heteroatoms. The molecule has 96 valence electrons. The predicted octanol–water partition coefficient (Wildman–Crippen LogP) is 1.94. The summed E-state index contributed by atoms with van der Waals surface area (Å²) in [6.07, 6.45) is 8.36. The third-order valence-corrected chi connectivity index (χ3v) is 4.13. The summed E-state index contributed by atoms with van der Waals surface area (Å²) in [5.74, 6) is -1.58. The molecular weight excluding hydrogens is 218 g/mol. The van der Waals surface area contributed by atoms with Crippen LogP contribution in [-0.2, 0) is 9.59 Å². The Morgan fingerprint density at radius 2 is 1.47 bits per heavy atom. The van der Waals surface area contributed by atoms with Crippen LogP contribution in [-0.4, -0.2) is 23.0 Å².